The average Bonchev–Trinajstić information content (AvgIpc) is 2.97. The van der Waals surface area contributed by atoms with Gasteiger partial charge in [-0.25, -0.2) is 0 Å². The van der Waals surface area contributed by atoms with Crippen LogP contribution in [-0.2, 0) is 11.2 Å². The van der Waals surface area contributed by atoms with E-state index < -0.39 is 0 Å². The van der Waals surface area contributed by atoms with E-state index in [1.54, 1.807) is 37.6 Å². The summed E-state index contributed by atoms with van der Waals surface area (Å²) in [6.45, 7) is 0. The van der Waals surface area contributed by atoms with Gasteiger partial charge in [0.2, 0.25) is 5.91 Å². The van der Waals surface area contributed by atoms with E-state index in [-0.39, 0.29) is 12.3 Å². The van der Waals surface area contributed by atoms with Gasteiger partial charge in [-0.15, -0.1) is 0 Å². The third-order valence-corrected chi connectivity index (χ3v) is 3.96. The largest absolute Gasteiger partial charge is 0.497 e. The molecule has 0 saturated carbocycles. The van der Waals surface area contributed by atoms with Crippen LogP contribution in [0.5, 0.6) is 11.5 Å². The number of carbonyl (C=O) groups is 1. The fraction of sp³-hybridized carbons (Fsp3) is 0.167. The normalized spacial score (nSPS) is 10.6. The van der Waals surface area contributed by atoms with Crippen molar-refractivity contribution in [3.8, 4) is 11.5 Å². The van der Waals surface area contributed by atoms with E-state index in [9.17, 15) is 4.79 Å². The number of para-hydroxylation sites is 1. The number of rotatable bonds is 5. The summed E-state index contributed by atoms with van der Waals surface area (Å²) in [6.07, 6.45) is 1.76. The molecule has 0 aliphatic rings. The molecule has 0 saturated heterocycles. The van der Waals surface area contributed by atoms with Gasteiger partial charge in [0.05, 0.1) is 37.6 Å². The number of benzene rings is 2. The third kappa shape index (κ3) is 3.16. The van der Waals surface area contributed by atoms with Crippen molar-refractivity contribution in [2.75, 3.05) is 19.5 Å². The summed E-state index contributed by atoms with van der Waals surface area (Å²) in [5.41, 5.74) is 2.01. The van der Waals surface area contributed by atoms with Crippen LogP contribution in [0.25, 0.3) is 11.0 Å². The second-order valence-electron chi connectivity index (χ2n) is 5.17. The molecule has 0 unspecified atom stereocenters. The van der Waals surface area contributed by atoms with Gasteiger partial charge in [-0.3, -0.25) is 4.79 Å². The highest BCUT2D eigenvalue weighted by Crippen LogP contribution is 2.32. The summed E-state index contributed by atoms with van der Waals surface area (Å²) >= 11 is 6.06. The number of nitrogens with one attached hydrogen (secondary N) is 1. The van der Waals surface area contributed by atoms with E-state index in [1.165, 1.54) is 7.11 Å². The van der Waals surface area contributed by atoms with Crippen LogP contribution in [0.4, 0.5) is 5.69 Å². The van der Waals surface area contributed by atoms with E-state index in [1.807, 2.05) is 12.1 Å². The Morgan fingerprint density at radius 1 is 1.21 bits per heavy atom. The average molecular weight is 346 g/mol. The van der Waals surface area contributed by atoms with Crippen molar-refractivity contribution in [2.45, 2.75) is 6.42 Å². The summed E-state index contributed by atoms with van der Waals surface area (Å²) in [6, 6.07) is 10.7. The molecule has 0 radical (unpaired) electrons. The van der Waals surface area contributed by atoms with E-state index in [0.29, 0.717) is 27.8 Å². The molecule has 1 aromatic heterocycles. The Hall–Kier alpha value is -2.66. The summed E-state index contributed by atoms with van der Waals surface area (Å²) < 4.78 is 15.9. The number of carbonyl (C=O) groups excluding carboxylic acids is 1. The maximum atomic E-state index is 12.3. The van der Waals surface area contributed by atoms with Crippen molar-refractivity contribution >= 4 is 34.2 Å². The lowest BCUT2D eigenvalue weighted by molar-refractivity contribution is -0.115. The zero-order valence-electron chi connectivity index (χ0n) is 13.3. The highest BCUT2D eigenvalue weighted by atomic mass is 35.5. The quantitative estimate of drug-likeness (QED) is 0.749. The van der Waals surface area contributed by atoms with Crippen molar-refractivity contribution in [1.29, 1.82) is 0 Å². The number of amides is 1. The monoisotopic (exact) mass is 345 g/mol. The first kappa shape index (κ1) is 16.2. The molecular weight excluding hydrogens is 330 g/mol. The van der Waals surface area contributed by atoms with Crippen LogP contribution in [0.3, 0.4) is 0 Å². The molecule has 24 heavy (non-hydrogen) atoms. The predicted molar refractivity (Wildman–Crippen MR) is 93.1 cm³/mol. The Morgan fingerprint density at radius 3 is 2.79 bits per heavy atom. The second kappa shape index (κ2) is 6.84. The molecule has 6 heteroatoms. The van der Waals surface area contributed by atoms with Crippen molar-refractivity contribution in [3.05, 3.63) is 53.2 Å². The zero-order chi connectivity index (χ0) is 17.1. The van der Waals surface area contributed by atoms with Gasteiger partial charge < -0.3 is 19.2 Å². The maximum Gasteiger partial charge on any atom is 0.229 e. The molecule has 0 fully saturated rings. The Balaban J connectivity index is 1.79. The molecule has 0 spiro atoms. The van der Waals surface area contributed by atoms with Gasteiger partial charge in [0.15, 0.2) is 5.75 Å². The molecule has 2 aromatic carbocycles. The molecule has 0 bridgehead atoms. The van der Waals surface area contributed by atoms with Crippen LogP contribution in [0.1, 0.15) is 5.56 Å². The van der Waals surface area contributed by atoms with Crippen LogP contribution in [0.15, 0.2) is 47.1 Å². The van der Waals surface area contributed by atoms with Gasteiger partial charge in [0, 0.05) is 17.0 Å². The van der Waals surface area contributed by atoms with Gasteiger partial charge in [-0.05, 0) is 24.3 Å². The van der Waals surface area contributed by atoms with E-state index in [0.717, 1.165) is 10.9 Å². The lowest BCUT2D eigenvalue weighted by atomic mass is 10.1. The smallest absolute Gasteiger partial charge is 0.229 e. The number of anilines is 1. The first-order valence-electron chi connectivity index (χ1n) is 7.29. The molecule has 1 amide bonds. The number of ether oxygens (including phenoxy) is 2. The van der Waals surface area contributed by atoms with E-state index in [2.05, 4.69) is 5.32 Å². The predicted octanol–water partition coefficient (Wildman–Crippen LogP) is 4.28. The Morgan fingerprint density at radius 2 is 2.04 bits per heavy atom. The van der Waals surface area contributed by atoms with Crippen molar-refractivity contribution < 1.29 is 18.7 Å². The number of halogens is 1. The number of hydrogen-bond acceptors (Lipinski definition) is 4. The standard InChI is InChI=1S/C18H16ClNO4/c1-22-12-6-7-13-11(10-24-16(13)9-12)8-17(21)20-15-5-3-4-14(19)18(15)23-2/h3-7,9-10H,8H2,1-2H3,(H,20,21). The summed E-state index contributed by atoms with van der Waals surface area (Å²) in [7, 11) is 3.10. The van der Waals surface area contributed by atoms with Crippen molar-refractivity contribution in [2.24, 2.45) is 0 Å². The van der Waals surface area contributed by atoms with Gasteiger partial charge in [-0.2, -0.15) is 0 Å². The lowest BCUT2D eigenvalue weighted by Crippen LogP contribution is -2.14. The molecule has 1 heterocycles. The van der Waals surface area contributed by atoms with Gasteiger partial charge in [-0.1, -0.05) is 17.7 Å². The molecule has 1 N–H and O–H groups in total. The van der Waals surface area contributed by atoms with Crippen LogP contribution < -0.4 is 14.8 Å². The summed E-state index contributed by atoms with van der Waals surface area (Å²) in [4.78, 5) is 12.3. The number of fused-ring (bicyclic) bond motifs is 1. The maximum absolute atomic E-state index is 12.3. The van der Waals surface area contributed by atoms with Crippen molar-refractivity contribution in [1.82, 2.24) is 0 Å². The Bertz CT molecular complexity index is 888. The number of hydrogen-bond donors (Lipinski definition) is 1. The SMILES string of the molecule is COc1ccc2c(CC(=O)Nc3cccc(Cl)c3OC)coc2c1. The minimum absolute atomic E-state index is 0.176. The summed E-state index contributed by atoms with van der Waals surface area (Å²) in [5, 5.41) is 4.13. The minimum atomic E-state index is -0.186. The molecular formula is C18H16ClNO4. The fourth-order valence-electron chi connectivity index (χ4n) is 2.51. The Labute approximate surface area is 144 Å². The summed E-state index contributed by atoms with van der Waals surface area (Å²) in [5.74, 6) is 0.958. The highest BCUT2D eigenvalue weighted by molar-refractivity contribution is 6.32. The van der Waals surface area contributed by atoms with Crippen LogP contribution in [0, 0.1) is 0 Å². The fourth-order valence-corrected chi connectivity index (χ4v) is 2.76. The van der Waals surface area contributed by atoms with E-state index in [4.69, 9.17) is 25.5 Å². The zero-order valence-corrected chi connectivity index (χ0v) is 14.0. The van der Waals surface area contributed by atoms with Crippen LogP contribution >= 0.6 is 11.6 Å². The van der Waals surface area contributed by atoms with Gasteiger partial charge in [0.25, 0.3) is 0 Å². The lowest BCUT2D eigenvalue weighted by Gasteiger charge is -2.11. The molecule has 5 nitrogen and oxygen atoms in total. The van der Waals surface area contributed by atoms with Crippen LogP contribution in [0.2, 0.25) is 5.02 Å². The second-order valence-corrected chi connectivity index (χ2v) is 5.58. The molecule has 0 aliphatic heterocycles. The molecule has 0 atom stereocenters. The first-order chi connectivity index (χ1) is 11.6. The van der Waals surface area contributed by atoms with Gasteiger partial charge in [0.1, 0.15) is 11.3 Å². The molecule has 3 rings (SSSR count). The van der Waals surface area contributed by atoms with Gasteiger partial charge >= 0.3 is 0 Å². The Kier molecular flexibility index (Phi) is 4.62. The van der Waals surface area contributed by atoms with E-state index >= 15 is 0 Å². The first-order valence-corrected chi connectivity index (χ1v) is 7.66. The van der Waals surface area contributed by atoms with Crippen LogP contribution in [-0.4, -0.2) is 20.1 Å². The molecule has 0 aliphatic carbocycles. The molecule has 124 valence electrons. The topological polar surface area (TPSA) is 60.7 Å². The third-order valence-electron chi connectivity index (χ3n) is 3.66. The number of furan rings is 1. The van der Waals surface area contributed by atoms with Crippen molar-refractivity contribution in [3.63, 3.8) is 0 Å². The number of methoxy groups -OCH3 is 2. The molecule has 3 aromatic rings. The minimum Gasteiger partial charge on any atom is -0.497 e. The highest BCUT2D eigenvalue weighted by Gasteiger charge is 2.14.